The first-order chi connectivity index (χ1) is 12.6. The molecule has 2 aromatic carbocycles. The van der Waals surface area contributed by atoms with Gasteiger partial charge in [-0.05, 0) is 24.3 Å². The molecule has 0 bridgehead atoms. The van der Waals surface area contributed by atoms with Crippen LogP contribution in [0.15, 0.2) is 58.5 Å². The van der Waals surface area contributed by atoms with Crippen LogP contribution in [0.4, 0.5) is 4.39 Å². The molecule has 2 heterocycles. The lowest BCUT2D eigenvalue weighted by molar-refractivity contribution is 0.628. The van der Waals surface area contributed by atoms with E-state index in [9.17, 15) is 9.18 Å². The van der Waals surface area contributed by atoms with Gasteiger partial charge >= 0.3 is 0 Å². The average molecular weight is 368 g/mol. The Hall–Kier alpha value is -3.07. The van der Waals surface area contributed by atoms with Gasteiger partial charge in [0, 0.05) is 7.05 Å². The summed E-state index contributed by atoms with van der Waals surface area (Å²) in [5, 5.41) is 17.2. The van der Waals surface area contributed by atoms with E-state index in [1.54, 1.807) is 54.1 Å². The summed E-state index contributed by atoms with van der Waals surface area (Å²) in [6.07, 6.45) is 0. The molecule has 0 N–H and O–H groups in total. The summed E-state index contributed by atoms with van der Waals surface area (Å²) in [5.74, 6) is 0.276. The van der Waals surface area contributed by atoms with Crippen LogP contribution in [-0.2, 0) is 12.9 Å². The third-order valence-corrected chi connectivity index (χ3v) is 4.88. The maximum atomic E-state index is 14.0. The lowest BCUT2D eigenvalue weighted by atomic mass is 10.2. The van der Waals surface area contributed by atoms with Gasteiger partial charge in [-0.15, -0.1) is 15.3 Å². The maximum Gasteiger partial charge on any atom is 0.278 e. The smallest absolute Gasteiger partial charge is 0.278 e. The Bertz CT molecular complexity index is 1160. The third-order valence-electron chi connectivity index (χ3n) is 3.89. The van der Waals surface area contributed by atoms with E-state index in [4.69, 9.17) is 0 Å². The normalized spacial score (nSPS) is 11.2. The minimum absolute atomic E-state index is 0.222. The molecule has 9 heteroatoms. The van der Waals surface area contributed by atoms with E-state index >= 15 is 0 Å². The van der Waals surface area contributed by atoms with E-state index in [0.29, 0.717) is 27.4 Å². The van der Waals surface area contributed by atoms with E-state index in [0.717, 1.165) is 0 Å². The SMILES string of the molecule is Cn1c(SCn2nnc3ccccc3c2=O)nnc1-c1ccccc1F. The molecule has 4 aromatic rings. The molecule has 0 saturated heterocycles. The molecule has 0 atom stereocenters. The zero-order chi connectivity index (χ0) is 18.1. The van der Waals surface area contributed by atoms with Crippen molar-refractivity contribution >= 4 is 22.7 Å². The van der Waals surface area contributed by atoms with E-state index in [-0.39, 0.29) is 17.3 Å². The Morgan fingerprint density at radius 2 is 1.81 bits per heavy atom. The summed E-state index contributed by atoms with van der Waals surface area (Å²) in [6.45, 7) is 0. The molecular formula is C17H13FN6OS. The summed E-state index contributed by atoms with van der Waals surface area (Å²) < 4.78 is 16.9. The molecule has 0 aliphatic carbocycles. The van der Waals surface area contributed by atoms with Crippen molar-refractivity contribution in [1.82, 2.24) is 29.8 Å². The largest absolute Gasteiger partial charge is 0.305 e. The number of benzene rings is 2. The summed E-state index contributed by atoms with van der Waals surface area (Å²) >= 11 is 1.27. The second-order valence-electron chi connectivity index (χ2n) is 5.53. The van der Waals surface area contributed by atoms with Gasteiger partial charge in [-0.1, -0.05) is 41.2 Å². The number of halogens is 1. The zero-order valence-corrected chi connectivity index (χ0v) is 14.5. The molecule has 4 rings (SSSR count). The zero-order valence-electron chi connectivity index (χ0n) is 13.7. The van der Waals surface area contributed by atoms with Crippen LogP contribution in [0.25, 0.3) is 22.3 Å². The van der Waals surface area contributed by atoms with Crippen molar-refractivity contribution in [2.75, 3.05) is 0 Å². The van der Waals surface area contributed by atoms with Crippen LogP contribution in [0.5, 0.6) is 0 Å². The number of hydrogen-bond acceptors (Lipinski definition) is 6. The van der Waals surface area contributed by atoms with Crippen LogP contribution in [0, 0.1) is 5.82 Å². The first-order valence-corrected chi connectivity index (χ1v) is 8.73. The van der Waals surface area contributed by atoms with Crippen molar-refractivity contribution in [3.8, 4) is 11.4 Å². The average Bonchev–Trinajstić information content (AvgIpc) is 3.02. The van der Waals surface area contributed by atoms with Crippen molar-refractivity contribution in [3.05, 3.63) is 64.7 Å². The molecule has 0 fully saturated rings. The second-order valence-corrected chi connectivity index (χ2v) is 6.44. The first-order valence-electron chi connectivity index (χ1n) is 7.75. The number of rotatable bonds is 4. The van der Waals surface area contributed by atoms with Gasteiger partial charge < -0.3 is 4.57 Å². The molecule has 0 saturated carbocycles. The number of hydrogen-bond donors (Lipinski definition) is 0. The fraction of sp³-hybridized carbons (Fsp3) is 0.118. The van der Waals surface area contributed by atoms with E-state index in [1.165, 1.54) is 22.5 Å². The highest BCUT2D eigenvalue weighted by atomic mass is 32.2. The van der Waals surface area contributed by atoms with Crippen LogP contribution in [0.2, 0.25) is 0 Å². The van der Waals surface area contributed by atoms with Gasteiger partial charge in [-0.3, -0.25) is 4.79 Å². The summed E-state index contributed by atoms with van der Waals surface area (Å²) in [6, 6.07) is 13.4. The van der Waals surface area contributed by atoms with Gasteiger partial charge in [0.05, 0.1) is 16.8 Å². The lowest BCUT2D eigenvalue weighted by Gasteiger charge is -2.06. The van der Waals surface area contributed by atoms with Crippen LogP contribution in [-0.4, -0.2) is 29.8 Å². The monoisotopic (exact) mass is 368 g/mol. The van der Waals surface area contributed by atoms with E-state index in [2.05, 4.69) is 20.5 Å². The fourth-order valence-electron chi connectivity index (χ4n) is 2.54. The van der Waals surface area contributed by atoms with Crippen molar-refractivity contribution < 1.29 is 4.39 Å². The highest BCUT2D eigenvalue weighted by Gasteiger charge is 2.15. The Balaban J connectivity index is 1.61. The number of fused-ring (bicyclic) bond motifs is 1. The summed E-state index contributed by atoms with van der Waals surface area (Å²) in [5.41, 5.74) is 0.704. The van der Waals surface area contributed by atoms with Gasteiger partial charge in [-0.25, -0.2) is 4.39 Å². The van der Waals surface area contributed by atoms with Gasteiger partial charge in [0.15, 0.2) is 11.0 Å². The number of aromatic nitrogens is 6. The topological polar surface area (TPSA) is 78.5 Å². The molecule has 7 nitrogen and oxygen atoms in total. The quantitative estimate of drug-likeness (QED) is 0.515. The molecule has 0 radical (unpaired) electrons. The lowest BCUT2D eigenvalue weighted by Crippen LogP contribution is -2.23. The van der Waals surface area contributed by atoms with E-state index < -0.39 is 0 Å². The second kappa shape index (κ2) is 6.68. The van der Waals surface area contributed by atoms with Crippen LogP contribution in [0.3, 0.4) is 0 Å². The molecule has 0 spiro atoms. The molecule has 0 amide bonds. The Kier molecular flexibility index (Phi) is 4.21. The molecule has 0 aliphatic rings. The van der Waals surface area contributed by atoms with Crippen molar-refractivity contribution in [1.29, 1.82) is 0 Å². The van der Waals surface area contributed by atoms with Gasteiger partial charge in [0.1, 0.15) is 11.3 Å². The highest BCUT2D eigenvalue weighted by molar-refractivity contribution is 7.98. The highest BCUT2D eigenvalue weighted by Crippen LogP contribution is 2.25. The summed E-state index contributed by atoms with van der Waals surface area (Å²) in [7, 11) is 1.75. The van der Waals surface area contributed by atoms with E-state index in [1.807, 2.05) is 0 Å². The minimum Gasteiger partial charge on any atom is -0.305 e. The Morgan fingerprint density at radius 3 is 2.65 bits per heavy atom. The van der Waals surface area contributed by atoms with Crippen LogP contribution >= 0.6 is 11.8 Å². The fourth-order valence-corrected chi connectivity index (χ4v) is 3.33. The first kappa shape index (κ1) is 16.4. The van der Waals surface area contributed by atoms with Crippen molar-refractivity contribution in [3.63, 3.8) is 0 Å². The Morgan fingerprint density at radius 1 is 1.04 bits per heavy atom. The predicted molar refractivity (Wildman–Crippen MR) is 96.1 cm³/mol. The minimum atomic E-state index is -0.365. The molecule has 2 aromatic heterocycles. The maximum absolute atomic E-state index is 14.0. The molecular weight excluding hydrogens is 355 g/mol. The molecule has 130 valence electrons. The van der Waals surface area contributed by atoms with Crippen molar-refractivity contribution in [2.45, 2.75) is 11.0 Å². The van der Waals surface area contributed by atoms with Crippen LogP contribution in [0.1, 0.15) is 0 Å². The molecule has 0 aliphatic heterocycles. The number of nitrogens with zero attached hydrogens (tertiary/aromatic N) is 6. The third kappa shape index (κ3) is 2.86. The van der Waals surface area contributed by atoms with Crippen LogP contribution < -0.4 is 5.56 Å². The van der Waals surface area contributed by atoms with Gasteiger partial charge in [0.2, 0.25) is 0 Å². The molecule has 0 unspecified atom stereocenters. The predicted octanol–water partition coefficient (Wildman–Crippen LogP) is 2.48. The van der Waals surface area contributed by atoms with Gasteiger partial charge in [0.25, 0.3) is 5.56 Å². The molecule has 26 heavy (non-hydrogen) atoms. The summed E-state index contributed by atoms with van der Waals surface area (Å²) in [4.78, 5) is 12.5. The van der Waals surface area contributed by atoms with Crippen molar-refractivity contribution in [2.24, 2.45) is 7.05 Å². The van der Waals surface area contributed by atoms with Gasteiger partial charge in [-0.2, -0.15) is 4.68 Å². The Labute approximate surface area is 151 Å². The standard InChI is InChI=1S/C17H13FN6OS/c1-23-15(11-6-2-4-8-13(11)18)20-21-17(23)26-10-24-16(25)12-7-3-5-9-14(12)19-22-24/h2-9H,10H2,1H3. The number of thioether (sulfide) groups is 1.